The van der Waals surface area contributed by atoms with Gasteiger partial charge in [-0.05, 0) is 61.4 Å². The molecule has 0 aliphatic carbocycles. The van der Waals surface area contributed by atoms with Crippen molar-refractivity contribution >= 4 is 46.4 Å². The summed E-state index contributed by atoms with van der Waals surface area (Å²) >= 11 is 12.5. The van der Waals surface area contributed by atoms with Crippen molar-refractivity contribution in [3.05, 3.63) is 87.4 Å². The highest BCUT2D eigenvalue weighted by atomic mass is 35.5. The lowest BCUT2D eigenvalue weighted by Crippen LogP contribution is -2.31. The van der Waals surface area contributed by atoms with E-state index in [4.69, 9.17) is 32.7 Å². The summed E-state index contributed by atoms with van der Waals surface area (Å²) in [6.45, 7) is 6.02. The van der Waals surface area contributed by atoms with Crippen LogP contribution in [0.25, 0.3) is 0 Å². The van der Waals surface area contributed by atoms with Gasteiger partial charge >= 0.3 is 0 Å². The molecule has 0 aromatic heterocycles. The SMILES string of the molecule is COc1cc(C(=O)N2CCCC(OCCNC(C)C)c3cc(Cl)ccc32)ccc1NC(=O)c1ccccc1Cl. The van der Waals surface area contributed by atoms with E-state index in [-0.39, 0.29) is 17.9 Å². The standard InChI is InChI=1S/C30H33Cl2N3O4/c1-19(2)33-14-16-39-27-9-6-15-35(26-13-11-21(31)18-23(26)27)30(37)20-10-12-25(28(17-20)38-3)34-29(36)22-7-4-5-8-24(22)32/h4-5,7-8,10-13,17-19,27,33H,6,9,14-16H2,1-3H3,(H,34,36). The third-order valence-corrected chi connectivity index (χ3v) is 7.07. The molecule has 206 valence electrons. The summed E-state index contributed by atoms with van der Waals surface area (Å²) < 4.78 is 11.8. The maximum absolute atomic E-state index is 13.8. The molecule has 0 radical (unpaired) electrons. The molecule has 7 nitrogen and oxygen atoms in total. The number of nitrogens with zero attached hydrogens (tertiary/aromatic N) is 1. The fraction of sp³-hybridized carbons (Fsp3) is 0.333. The first-order valence-corrected chi connectivity index (χ1v) is 13.7. The number of amides is 2. The Morgan fingerprint density at radius 2 is 1.87 bits per heavy atom. The fourth-order valence-electron chi connectivity index (χ4n) is 4.59. The number of ether oxygens (including phenoxy) is 2. The second-order valence-corrected chi connectivity index (χ2v) is 10.5. The molecule has 0 bridgehead atoms. The topological polar surface area (TPSA) is 79.9 Å². The van der Waals surface area contributed by atoms with Crippen LogP contribution in [0.1, 0.15) is 59.1 Å². The Morgan fingerprint density at radius 1 is 1.08 bits per heavy atom. The molecule has 1 atom stereocenters. The third kappa shape index (κ3) is 7.11. The van der Waals surface area contributed by atoms with Crippen molar-refractivity contribution in [2.75, 3.05) is 37.0 Å². The Bertz CT molecular complexity index is 1330. The summed E-state index contributed by atoms with van der Waals surface area (Å²) in [5.74, 6) is -0.180. The Morgan fingerprint density at radius 3 is 2.62 bits per heavy atom. The number of hydrogen-bond donors (Lipinski definition) is 2. The molecule has 0 spiro atoms. The zero-order valence-corrected chi connectivity index (χ0v) is 23.8. The molecule has 2 amide bonds. The van der Waals surface area contributed by atoms with Crippen molar-refractivity contribution in [3.63, 3.8) is 0 Å². The highest BCUT2D eigenvalue weighted by Gasteiger charge is 2.28. The minimum atomic E-state index is -0.370. The number of fused-ring (bicyclic) bond motifs is 1. The van der Waals surface area contributed by atoms with Crippen molar-refractivity contribution in [2.45, 2.75) is 38.8 Å². The van der Waals surface area contributed by atoms with Gasteiger partial charge in [-0.25, -0.2) is 0 Å². The first-order valence-electron chi connectivity index (χ1n) is 13.0. The molecule has 9 heteroatoms. The van der Waals surface area contributed by atoms with Gasteiger partial charge in [-0.3, -0.25) is 9.59 Å². The van der Waals surface area contributed by atoms with Gasteiger partial charge in [-0.1, -0.05) is 49.2 Å². The van der Waals surface area contributed by atoms with E-state index in [1.807, 2.05) is 12.1 Å². The van der Waals surface area contributed by atoms with Crippen LogP contribution in [0.3, 0.4) is 0 Å². The highest BCUT2D eigenvalue weighted by molar-refractivity contribution is 6.34. The molecule has 0 saturated heterocycles. The van der Waals surface area contributed by atoms with E-state index in [2.05, 4.69) is 24.5 Å². The monoisotopic (exact) mass is 569 g/mol. The largest absolute Gasteiger partial charge is 0.495 e. The molecule has 4 rings (SSSR count). The maximum Gasteiger partial charge on any atom is 0.258 e. The van der Waals surface area contributed by atoms with E-state index in [1.165, 1.54) is 7.11 Å². The molecule has 1 unspecified atom stereocenters. The van der Waals surface area contributed by atoms with Crippen molar-refractivity contribution in [1.82, 2.24) is 5.32 Å². The maximum atomic E-state index is 13.8. The van der Waals surface area contributed by atoms with Crippen LogP contribution >= 0.6 is 23.2 Å². The molecule has 2 N–H and O–H groups in total. The van der Waals surface area contributed by atoms with E-state index in [1.54, 1.807) is 53.4 Å². The van der Waals surface area contributed by atoms with Crippen molar-refractivity contribution < 1.29 is 19.1 Å². The van der Waals surface area contributed by atoms with Crippen LogP contribution < -0.4 is 20.3 Å². The van der Waals surface area contributed by atoms with E-state index in [0.29, 0.717) is 51.8 Å². The zero-order valence-electron chi connectivity index (χ0n) is 22.3. The lowest BCUT2D eigenvalue weighted by atomic mass is 10.0. The number of anilines is 2. The Kier molecular flexibility index (Phi) is 9.86. The number of carbonyl (C=O) groups is 2. The smallest absolute Gasteiger partial charge is 0.258 e. The third-order valence-electron chi connectivity index (χ3n) is 6.51. The molecule has 39 heavy (non-hydrogen) atoms. The average Bonchev–Trinajstić information content (AvgIpc) is 3.10. The van der Waals surface area contributed by atoms with E-state index < -0.39 is 0 Å². The Balaban J connectivity index is 1.56. The van der Waals surface area contributed by atoms with Gasteiger partial charge in [0, 0.05) is 41.0 Å². The van der Waals surface area contributed by atoms with Crippen LogP contribution in [0.5, 0.6) is 5.75 Å². The molecule has 3 aromatic carbocycles. The number of carbonyl (C=O) groups excluding carboxylic acids is 2. The van der Waals surface area contributed by atoms with Crippen LogP contribution in [-0.4, -0.2) is 44.7 Å². The summed E-state index contributed by atoms with van der Waals surface area (Å²) in [4.78, 5) is 28.3. The first kappa shape index (κ1) is 28.9. The van der Waals surface area contributed by atoms with Crippen LogP contribution in [0.2, 0.25) is 10.0 Å². The van der Waals surface area contributed by atoms with Crippen LogP contribution in [0.4, 0.5) is 11.4 Å². The van der Waals surface area contributed by atoms with E-state index in [0.717, 1.165) is 30.6 Å². The van der Waals surface area contributed by atoms with Gasteiger partial charge in [0.05, 0.1) is 36.1 Å². The van der Waals surface area contributed by atoms with E-state index in [9.17, 15) is 9.59 Å². The minimum Gasteiger partial charge on any atom is -0.495 e. The van der Waals surface area contributed by atoms with Gasteiger partial charge in [-0.2, -0.15) is 0 Å². The lowest BCUT2D eigenvalue weighted by Gasteiger charge is -2.25. The quantitative estimate of drug-likeness (QED) is 0.278. The summed E-state index contributed by atoms with van der Waals surface area (Å²) in [7, 11) is 1.49. The van der Waals surface area contributed by atoms with E-state index >= 15 is 0 Å². The minimum absolute atomic E-state index is 0.164. The number of benzene rings is 3. The molecular formula is C30H33Cl2N3O4. The van der Waals surface area contributed by atoms with Gasteiger partial charge in [0.1, 0.15) is 5.75 Å². The number of halogens is 2. The predicted molar refractivity (Wildman–Crippen MR) is 157 cm³/mol. The molecule has 1 heterocycles. The number of hydrogen-bond acceptors (Lipinski definition) is 5. The van der Waals surface area contributed by atoms with Gasteiger partial charge in [0.15, 0.2) is 0 Å². The van der Waals surface area contributed by atoms with Crippen LogP contribution in [-0.2, 0) is 4.74 Å². The van der Waals surface area contributed by atoms with Crippen LogP contribution in [0, 0.1) is 0 Å². The van der Waals surface area contributed by atoms with Crippen molar-refractivity contribution in [2.24, 2.45) is 0 Å². The highest BCUT2D eigenvalue weighted by Crippen LogP contribution is 2.38. The second kappa shape index (κ2) is 13.3. The molecule has 1 aliphatic rings. The van der Waals surface area contributed by atoms with Gasteiger partial charge < -0.3 is 25.0 Å². The number of methoxy groups -OCH3 is 1. The molecule has 1 aliphatic heterocycles. The summed E-state index contributed by atoms with van der Waals surface area (Å²) in [5, 5.41) is 7.13. The van der Waals surface area contributed by atoms with Gasteiger partial charge in [0.2, 0.25) is 0 Å². The molecule has 0 fully saturated rings. The van der Waals surface area contributed by atoms with Crippen molar-refractivity contribution in [3.8, 4) is 5.75 Å². The number of nitrogens with one attached hydrogen (secondary N) is 2. The average molecular weight is 571 g/mol. The zero-order chi connectivity index (χ0) is 27.9. The first-order chi connectivity index (χ1) is 18.8. The van der Waals surface area contributed by atoms with Gasteiger partial charge in [0.25, 0.3) is 11.8 Å². The normalized spacial score (nSPS) is 15.0. The molecule has 3 aromatic rings. The number of rotatable bonds is 9. The van der Waals surface area contributed by atoms with Crippen LogP contribution in [0.15, 0.2) is 60.7 Å². The Hall–Kier alpha value is -3.10. The lowest BCUT2D eigenvalue weighted by molar-refractivity contribution is 0.0485. The van der Waals surface area contributed by atoms with Gasteiger partial charge in [-0.15, -0.1) is 0 Å². The Labute approximate surface area is 239 Å². The summed E-state index contributed by atoms with van der Waals surface area (Å²) in [6, 6.07) is 17.7. The summed E-state index contributed by atoms with van der Waals surface area (Å²) in [6.07, 6.45) is 1.38. The van der Waals surface area contributed by atoms with Crippen molar-refractivity contribution in [1.29, 1.82) is 0 Å². The molecule has 0 saturated carbocycles. The summed E-state index contributed by atoms with van der Waals surface area (Å²) in [5.41, 5.74) is 2.89. The second-order valence-electron chi connectivity index (χ2n) is 9.62. The predicted octanol–water partition coefficient (Wildman–Crippen LogP) is 6.75. The molecular weight excluding hydrogens is 537 g/mol. The fourth-order valence-corrected chi connectivity index (χ4v) is 4.99.